The lowest BCUT2D eigenvalue weighted by Gasteiger charge is -2.51. The number of hydrogen-bond acceptors (Lipinski definition) is 5. The van der Waals surface area contributed by atoms with Crippen LogP contribution in [0.2, 0.25) is 0 Å². The second kappa shape index (κ2) is 3.87. The number of hydrogen-bond donors (Lipinski definition) is 1. The van der Waals surface area contributed by atoms with Crippen molar-refractivity contribution in [3.05, 3.63) is 18.2 Å². The van der Waals surface area contributed by atoms with Gasteiger partial charge in [-0.3, -0.25) is 0 Å². The number of nitrogens with two attached hydrogens (primary N) is 1. The molecular weight excluding hydrogens is 242 g/mol. The lowest BCUT2D eigenvalue weighted by molar-refractivity contribution is -0.0249. The summed E-state index contributed by atoms with van der Waals surface area (Å²) in [6.07, 6.45) is 2.41. The minimum absolute atomic E-state index is 0.331. The zero-order chi connectivity index (χ0) is 12.9. The Balaban J connectivity index is 1.56. The molecule has 5 heteroatoms. The molecule has 0 radical (unpaired) electrons. The van der Waals surface area contributed by atoms with Gasteiger partial charge >= 0.3 is 0 Å². The molecule has 1 spiro atoms. The van der Waals surface area contributed by atoms with Crippen LogP contribution in [-0.4, -0.2) is 31.3 Å². The van der Waals surface area contributed by atoms with E-state index in [4.69, 9.17) is 14.9 Å². The Kier molecular flexibility index (Phi) is 2.26. The lowest BCUT2D eigenvalue weighted by Crippen LogP contribution is -2.60. The van der Waals surface area contributed by atoms with Gasteiger partial charge in [0, 0.05) is 30.8 Å². The minimum atomic E-state index is 0.331. The first kappa shape index (κ1) is 11.1. The number of oxazole rings is 1. The highest BCUT2D eigenvalue weighted by atomic mass is 16.5. The molecular formula is C14H17N3O2. The highest BCUT2D eigenvalue weighted by Crippen LogP contribution is 2.40. The molecule has 4 rings (SSSR count). The number of rotatable bonds is 1. The quantitative estimate of drug-likeness (QED) is 0.794. The molecule has 2 saturated heterocycles. The molecule has 3 heterocycles. The van der Waals surface area contributed by atoms with Gasteiger partial charge in [0.15, 0.2) is 5.58 Å². The van der Waals surface area contributed by atoms with E-state index in [1.165, 1.54) is 6.42 Å². The van der Waals surface area contributed by atoms with Crippen LogP contribution >= 0.6 is 0 Å². The molecule has 0 amide bonds. The molecule has 19 heavy (non-hydrogen) atoms. The van der Waals surface area contributed by atoms with Crippen molar-refractivity contribution in [2.75, 3.05) is 36.9 Å². The van der Waals surface area contributed by atoms with E-state index in [2.05, 4.69) is 9.88 Å². The van der Waals surface area contributed by atoms with Crippen LogP contribution < -0.4 is 10.6 Å². The van der Waals surface area contributed by atoms with Gasteiger partial charge in [-0.1, -0.05) is 0 Å². The fourth-order valence-corrected chi connectivity index (χ4v) is 3.13. The third-order valence-electron chi connectivity index (χ3n) is 4.13. The van der Waals surface area contributed by atoms with Gasteiger partial charge < -0.3 is 19.8 Å². The van der Waals surface area contributed by atoms with E-state index in [1.807, 2.05) is 18.2 Å². The van der Waals surface area contributed by atoms with Crippen LogP contribution in [0.3, 0.4) is 0 Å². The summed E-state index contributed by atoms with van der Waals surface area (Å²) in [6.45, 7) is 3.74. The van der Waals surface area contributed by atoms with Crippen LogP contribution in [0.4, 0.5) is 11.7 Å². The van der Waals surface area contributed by atoms with Gasteiger partial charge in [0.25, 0.3) is 6.01 Å². The third-order valence-corrected chi connectivity index (χ3v) is 4.13. The SMILES string of the molecule is Nc1ccc2oc(N3CC4(CCCOC4)C3)nc2c1. The van der Waals surface area contributed by atoms with Gasteiger partial charge in [-0.25, -0.2) is 0 Å². The highest BCUT2D eigenvalue weighted by Gasteiger charge is 2.45. The molecule has 2 N–H and O–H groups in total. The molecule has 0 aliphatic carbocycles. The van der Waals surface area contributed by atoms with E-state index in [-0.39, 0.29) is 0 Å². The molecule has 1 aromatic heterocycles. The van der Waals surface area contributed by atoms with Crippen molar-refractivity contribution in [1.82, 2.24) is 4.98 Å². The van der Waals surface area contributed by atoms with E-state index in [9.17, 15) is 0 Å². The smallest absolute Gasteiger partial charge is 0.298 e. The zero-order valence-electron chi connectivity index (χ0n) is 10.8. The molecule has 0 saturated carbocycles. The van der Waals surface area contributed by atoms with Gasteiger partial charge in [-0.2, -0.15) is 4.98 Å². The summed E-state index contributed by atoms with van der Waals surface area (Å²) in [5.74, 6) is 0. The maximum absolute atomic E-state index is 5.78. The molecule has 2 aromatic rings. The summed E-state index contributed by atoms with van der Waals surface area (Å²) < 4.78 is 11.4. The first-order valence-corrected chi connectivity index (χ1v) is 6.73. The first-order chi connectivity index (χ1) is 9.24. The van der Waals surface area contributed by atoms with Crippen LogP contribution in [0.1, 0.15) is 12.8 Å². The van der Waals surface area contributed by atoms with Crippen LogP contribution in [0.5, 0.6) is 0 Å². The first-order valence-electron chi connectivity index (χ1n) is 6.73. The summed E-state index contributed by atoms with van der Waals surface area (Å²) >= 11 is 0. The Morgan fingerprint density at radius 2 is 2.21 bits per heavy atom. The number of fused-ring (bicyclic) bond motifs is 1. The summed E-state index contributed by atoms with van der Waals surface area (Å²) in [5, 5.41) is 0. The number of aromatic nitrogens is 1. The van der Waals surface area contributed by atoms with Crippen molar-refractivity contribution < 1.29 is 9.15 Å². The number of nitrogen functional groups attached to an aromatic ring is 1. The van der Waals surface area contributed by atoms with Crippen molar-refractivity contribution in [3.8, 4) is 0 Å². The second-order valence-electron chi connectivity index (χ2n) is 5.74. The fraction of sp³-hybridized carbons (Fsp3) is 0.500. The summed E-state index contributed by atoms with van der Waals surface area (Å²) in [4.78, 5) is 6.70. The Hall–Kier alpha value is -1.75. The Morgan fingerprint density at radius 3 is 3.00 bits per heavy atom. The van der Waals surface area contributed by atoms with E-state index in [0.29, 0.717) is 17.1 Å². The Bertz CT molecular complexity index is 608. The van der Waals surface area contributed by atoms with Crippen LogP contribution in [0.15, 0.2) is 22.6 Å². The van der Waals surface area contributed by atoms with Crippen LogP contribution in [-0.2, 0) is 4.74 Å². The average molecular weight is 259 g/mol. The topological polar surface area (TPSA) is 64.5 Å². The standard InChI is InChI=1S/C14H17N3O2/c15-10-2-3-12-11(6-10)16-13(19-12)17-7-14(8-17)4-1-5-18-9-14/h2-3,6H,1,4-5,7-9,15H2. The molecule has 5 nitrogen and oxygen atoms in total. The highest BCUT2D eigenvalue weighted by molar-refractivity contribution is 5.78. The fourth-order valence-electron chi connectivity index (χ4n) is 3.13. The lowest BCUT2D eigenvalue weighted by atomic mass is 9.76. The number of benzene rings is 1. The molecule has 2 fully saturated rings. The zero-order valence-corrected chi connectivity index (χ0v) is 10.8. The monoisotopic (exact) mass is 259 g/mol. The van der Waals surface area contributed by atoms with Gasteiger partial charge in [-0.15, -0.1) is 0 Å². The van der Waals surface area contributed by atoms with Gasteiger partial charge in [0.1, 0.15) is 5.52 Å². The van der Waals surface area contributed by atoms with Crippen molar-refractivity contribution in [2.24, 2.45) is 5.41 Å². The largest absolute Gasteiger partial charge is 0.423 e. The maximum atomic E-state index is 5.78. The number of anilines is 2. The van der Waals surface area contributed by atoms with E-state index >= 15 is 0 Å². The number of ether oxygens (including phenoxy) is 1. The van der Waals surface area contributed by atoms with Crippen molar-refractivity contribution in [1.29, 1.82) is 0 Å². The third kappa shape index (κ3) is 1.76. The van der Waals surface area contributed by atoms with E-state index in [0.717, 1.165) is 43.8 Å². The molecule has 0 unspecified atom stereocenters. The normalized spacial score (nSPS) is 21.8. The van der Waals surface area contributed by atoms with Crippen molar-refractivity contribution in [2.45, 2.75) is 12.8 Å². The van der Waals surface area contributed by atoms with Gasteiger partial charge in [-0.05, 0) is 31.0 Å². The van der Waals surface area contributed by atoms with Crippen molar-refractivity contribution >= 4 is 22.8 Å². The predicted octanol–water partition coefficient (Wildman–Crippen LogP) is 2.03. The summed E-state index contributed by atoms with van der Waals surface area (Å²) in [6, 6.07) is 6.27. The van der Waals surface area contributed by atoms with Crippen LogP contribution in [0.25, 0.3) is 11.1 Å². The Labute approximate surface area is 111 Å². The minimum Gasteiger partial charge on any atom is -0.423 e. The average Bonchev–Trinajstić information content (AvgIpc) is 2.79. The van der Waals surface area contributed by atoms with Gasteiger partial charge in [0.05, 0.1) is 6.61 Å². The summed E-state index contributed by atoms with van der Waals surface area (Å²) in [5.41, 5.74) is 8.43. The van der Waals surface area contributed by atoms with E-state index < -0.39 is 0 Å². The molecule has 0 bridgehead atoms. The molecule has 2 aliphatic rings. The molecule has 2 aliphatic heterocycles. The maximum Gasteiger partial charge on any atom is 0.298 e. The Morgan fingerprint density at radius 1 is 1.32 bits per heavy atom. The number of nitrogens with zero attached hydrogens (tertiary/aromatic N) is 2. The molecule has 100 valence electrons. The predicted molar refractivity (Wildman–Crippen MR) is 73.1 cm³/mol. The molecule has 1 aromatic carbocycles. The van der Waals surface area contributed by atoms with Crippen molar-refractivity contribution in [3.63, 3.8) is 0 Å². The molecule has 0 atom stereocenters. The second-order valence-corrected chi connectivity index (χ2v) is 5.74. The van der Waals surface area contributed by atoms with Crippen LogP contribution in [0, 0.1) is 5.41 Å². The summed E-state index contributed by atoms with van der Waals surface area (Å²) in [7, 11) is 0. The van der Waals surface area contributed by atoms with Gasteiger partial charge in [0.2, 0.25) is 0 Å². The van der Waals surface area contributed by atoms with E-state index in [1.54, 1.807) is 0 Å².